The summed E-state index contributed by atoms with van der Waals surface area (Å²) in [7, 11) is 3.07. The number of aliphatic hydroxyl groups excluding tert-OH is 1. The average Bonchev–Trinajstić information content (AvgIpc) is 3.14. The monoisotopic (exact) mass is 437 g/mol. The van der Waals surface area contributed by atoms with Crippen molar-refractivity contribution < 1.29 is 27.6 Å². The molecule has 0 radical (unpaired) electrons. The Morgan fingerprint density at radius 2 is 1.93 bits per heavy atom. The lowest BCUT2D eigenvalue weighted by atomic mass is 10.2. The lowest BCUT2D eigenvalue weighted by Gasteiger charge is -2.13. The minimum absolute atomic E-state index is 0. The largest absolute Gasteiger partial charge is 1.00 e. The third-order valence-corrected chi connectivity index (χ3v) is 4.99. The normalized spacial score (nSPS) is 12.0. The molecular weight excluding hydrogens is 410 g/mol. The number of halogens is 1. The molecule has 0 saturated carbocycles. The molecule has 2 aromatic heterocycles. The van der Waals surface area contributed by atoms with Gasteiger partial charge in [0.1, 0.15) is 25.0 Å². The van der Waals surface area contributed by atoms with Crippen LogP contribution < -0.4 is 33.7 Å². The van der Waals surface area contributed by atoms with Crippen LogP contribution in [0.1, 0.15) is 12.0 Å². The number of hydrogen-bond acceptors (Lipinski definition) is 5. The fraction of sp³-hybridized carbons (Fsp3) is 0.450. The first-order valence-electron chi connectivity index (χ1n) is 9.69. The highest BCUT2D eigenvalue weighted by Gasteiger charge is 2.14. The van der Waals surface area contributed by atoms with Crippen LogP contribution in [-0.2, 0) is 20.6 Å². The number of ether oxygens (including phenoxy) is 1. The van der Waals surface area contributed by atoms with E-state index >= 15 is 0 Å². The molecule has 0 aliphatic rings. The fourth-order valence-electron chi connectivity index (χ4n) is 3.26. The van der Waals surface area contributed by atoms with E-state index in [2.05, 4.69) is 4.98 Å². The van der Waals surface area contributed by atoms with Crippen LogP contribution in [0.4, 0.5) is 0 Å². The van der Waals surface area contributed by atoms with Gasteiger partial charge in [-0.1, -0.05) is 18.2 Å². The minimum atomic E-state index is -0.564. The van der Waals surface area contributed by atoms with Gasteiger partial charge in [-0.2, -0.15) is 0 Å². The second-order valence-corrected chi connectivity index (χ2v) is 7.21. The van der Waals surface area contributed by atoms with E-state index in [0.717, 1.165) is 28.8 Å². The van der Waals surface area contributed by atoms with Crippen LogP contribution in [0, 0.1) is 6.92 Å². The second kappa shape index (κ2) is 10.4. The van der Waals surface area contributed by atoms with Gasteiger partial charge in [0.2, 0.25) is 0 Å². The maximum Gasteiger partial charge on any atom is 0.332 e. The van der Waals surface area contributed by atoms with Crippen molar-refractivity contribution in [2.75, 3.05) is 19.7 Å². The maximum absolute atomic E-state index is 12.4. The van der Waals surface area contributed by atoms with E-state index in [1.165, 1.54) is 11.6 Å². The van der Waals surface area contributed by atoms with Crippen LogP contribution in [0.25, 0.3) is 11.2 Å². The summed E-state index contributed by atoms with van der Waals surface area (Å²) in [6.45, 7) is 4.15. The zero-order chi connectivity index (χ0) is 21.0. The number of hydrogen-bond donors (Lipinski definition) is 2. The van der Waals surface area contributed by atoms with Gasteiger partial charge in [0.25, 0.3) is 5.56 Å². The van der Waals surface area contributed by atoms with Gasteiger partial charge in [0.05, 0.1) is 12.9 Å². The Bertz CT molecular complexity index is 1100. The molecular formula is C20H28ClN5O4. The fourth-order valence-corrected chi connectivity index (χ4v) is 3.26. The molecule has 0 amide bonds. The third kappa shape index (κ3) is 5.10. The van der Waals surface area contributed by atoms with Crippen LogP contribution in [0.15, 0.2) is 40.2 Å². The maximum atomic E-state index is 12.4. The summed E-state index contributed by atoms with van der Waals surface area (Å²) >= 11 is 0. The number of para-hydroxylation sites is 1. The van der Waals surface area contributed by atoms with Gasteiger partial charge < -0.3 is 32.1 Å². The molecule has 0 aliphatic heterocycles. The Hall–Kier alpha value is -2.62. The summed E-state index contributed by atoms with van der Waals surface area (Å²) in [4.78, 5) is 28.6. The van der Waals surface area contributed by atoms with Gasteiger partial charge in [0.15, 0.2) is 11.2 Å². The first-order chi connectivity index (χ1) is 13.9. The number of fused-ring (bicyclic) bond motifs is 1. The number of quaternary nitrogens is 1. The van der Waals surface area contributed by atoms with E-state index in [-0.39, 0.29) is 30.3 Å². The summed E-state index contributed by atoms with van der Waals surface area (Å²) < 4.78 is 9.91. The summed E-state index contributed by atoms with van der Waals surface area (Å²) in [6, 6.07) is 7.72. The van der Waals surface area contributed by atoms with Crippen LogP contribution in [0.2, 0.25) is 0 Å². The Morgan fingerprint density at radius 3 is 2.67 bits per heavy atom. The topological polar surface area (TPSA) is 108 Å². The van der Waals surface area contributed by atoms with Crippen LogP contribution in [-0.4, -0.2) is 49.6 Å². The predicted octanol–water partition coefficient (Wildman–Crippen LogP) is -3.86. The van der Waals surface area contributed by atoms with E-state index in [9.17, 15) is 14.7 Å². The Morgan fingerprint density at radius 1 is 1.20 bits per heavy atom. The zero-order valence-corrected chi connectivity index (χ0v) is 18.2. The van der Waals surface area contributed by atoms with E-state index in [4.69, 9.17) is 4.74 Å². The minimum Gasteiger partial charge on any atom is -1.00 e. The molecule has 0 aliphatic carbocycles. The third-order valence-electron chi connectivity index (χ3n) is 4.99. The summed E-state index contributed by atoms with van der Waals surface area (Å²) in [5.41, 5.74) is 1.14. The highest BCUT2D eigenvalue weighted by molar-refractivity contribution is 5.69. The van der Waals surface area contributed by atoms with Gasteiger partial charge in [0, 0.05) is 27.1 Å². The molecule has 30 heavy (non-hydrogen) atoms. The first kappa shape index (κ1) is 23.7. The molecule has 1 aromatic carbocycles. The number of nitrogens with two attached hydrogens (primary N) is 1. The highest BCUT2D eigenvalue weighted by Crippen LogP contribution is 2.16. The molecule has 3 N–H and O–H groups in total. The molecule has 2 heterocycles. The molecule has 3 aromatic rings. The highest BCUT2D eigenvalue weighted by atomic mass is 35.5. The quantitative estimate of drug-likeness (QED) is 0.333. The molecule has 1 atom stereocenters. The van der Waals surface area contributed by atoms with Crippen molar-refractivity contribution in [3.63, 3.8) is 0 Å². The summed E-state index contributed by atoms with van der Waals surface area (Å²) in [6.07, 6.45) is 1.82. The lowest BCUT2D eigenvalue weighted by Crippen LogP contribution is -3.00. The second-order valence-electron chi connectivity index (χ2n) is 7.21. The van der Waals surface area contributed by atoms with E-state index in [1.807, 2.05) is 36.5 Å². The van der Waals surface area contributed by atoms with Crippen LogP contribution in [0.3, 0.4) is 0 Å². The van der Waals surface area contributed by atoms with Gasteiger partial charge in [-0.15, -0.1) is 0 Å². The van der Waals surface area contributed by atoms with Gasteiger partial charge in [-0.25, -0.2) is 9.78 Å². The van der Waals surface area contributed by atoms with Crippen LogP contribution in [0.5, 0.6) is 5.75 Å². The van der Waals surface area contributed by atoms with Crippen molar-refractivity contribution in [2.45, 2.75) is 26.0 Å². The number of imidazole rings is 1. The first-order valence-corrected chi connectivity index (χ1v) is 9.69. The van der Waals surface area contributed by atoms with Crippen molar-refractivity contribution in [1.82, 2.24) is 18.7 Å². The predicted molar refractivity (Wildman–Crippen MR) is 109 cm³/mol. The number of nitrogens with zero attached hydrogens (tertiary/aromatic N) is 4. The number of rotatable bonds is 9. The summed E-state index contributed by atoms with van der Waals surface area (Å²) in [5.74, 6) is 0.787. The van der Waals surface area contributed by atoms with Crippen molar-refractivity contribution >= 4 is 11.2 Å². The number of aliphatic hydroxyl groups is 1. The molecule has 3 rings (SSSR count). The Kier molecular flexibility index (Phi) is 8.22. The molecule has 0 bridgehead atoms. The van der Waals surface area contributed by atoms with Gasteiger partial charge in [-0.05, 0) is 18.6 Å². The number of benzene rings is 1. The van der Waals surface area contributed by atoms with Crippen molar-refractivity contribution in [3.05, 3.63) is 57.0 Å². The Balaban J connectivity index is 0.00000320. The summed E-state index contributed by atoms with van der Waals surface area (Å²) in [5, 5.41) is 12.1. The standard InChI is InChI=1S/C20H27N5O4.ClH/c1-14-7-4-5-8-16(14)29-12-15(26)11-21-9-6-10-25-13-22-18-17(25)19(27)24(3)20(28)23(18)2;/h4-5,7-8,13,15,21,26H,6,9-12H2,1-3H3;1H. The smallest absolute Gasteiger partial charge is 0.332 e. The van der Waals surface area contributed by atoms with E-state index in [1.54, 1.807) is 17.9 Å². The lowest BCUT2D eigenvalue weighted by molar-refractivity contribution is -0.661. The molecule has 0 fully saturated rings. The van der Waals surface area contributed by atoms with Crippen LogP contribution >= 0.6 is 0 Å². The number of aromatic nitrogens is 4. The molecule has 10 heteroatoms. The molecule has 1 unspecified atom stereocenters. The average molecular weight is 438 g/mol. The molecule has 164 valence electrons. The molecule has 0 spiro atoms. The van der Waals surface area contributed by atoms with Crippen molar-refractivity contribution in [3.8, 4) is 5.75 Å². The van der Waals surface area contributed by atoms with E-state index < -0.39 is 6.10 Å². The SMILES string of the molecule is Cc1ccccc1OCC(O)C[NH2+]CCCn1cnc2c1c(=O)n(C)c(=O)n2C.[Cl-]. The molecule has 0 saturated heterocycles. The van der Waals surface area contributed by atoms with Gasteiger partial charge >= 0.3 is 5.69 Å². The van der Waals surface area contributed by atoms with Crippen molar-refractivity contribution in [1.29, 1.82) is 0 Å². The zero-order valence-electron chi connectivity index (χ0n) is 17.4. The van der Waals surface area contributed by atoms with Crippen molar-refractivity contribution in [2.24, 2.45) is 14.1 Å². The molecule has 9 nitrogen and oxygen atoms in total. The van der Waals surface area contributed by atoms with E-state index in [0.29, 0.717) is 24.3 Å². The Labute approximate surface area is 180 Å². The number of aryl methyl sites for hydroxylation is 3. The van der Waals surface area contributed by atoms with Gasteiger partial charge in [-0.3, -0.25) is 13.9 Å².